The SMILES string of the molecule is CC(=NNC(=O)CSc1n[nH]c(-c2ccccc2)[n+]1-c1ccc(Cl)cc1)c1ccccc1O. The van der Waals surface area contributed by atoms with Crippen molar-refractivity contribution in [2.75, 3.05) is 5.75 Å². The van der Waals surface area contributed by atoms with Crippen LogP contribution in [0.25, 0.3) is 17.1 Å². The minimum atomic E-state index is -0.290. The molecular formula is C24H21ClN5O2S+. The lowest BCUT2D eigenvalue weighted by Crippen LogP contribution is -2.34. The molecule has 0 unspecified atom stereocenters. The van der Waals surface area contributed by atoms with Crippen LogP contribution in [0.5, 0.6) is 5.75 Å². The van der Waals surface area contributed by atoms with Gasteiger partial charge < -0.3 is 5.11 Å². The summed E-state index contributed by atoms with van der Waals surface area (Å²) in [7, 11) is 0. The van der Waals surface area contributed by atoms with E-state index in [1.807, 2.05) is 59.2 Å². The van der Waals surface area contributed by atoms with Crippen LogP contribution in [0.2, 0.25) is 5.02 Å². The smallest absolute Gasteiger partial charge is 0.342 e. The number of aromatic amines is 1. The van der Waals surface area contributed by atoms with E-state index in [2.05, 4.69) is 20.7 Å². The number of H-pyrrole nitrogens is 1. The van der Waals surface area contributed by atoms with Crippen LogP contribution in [-0.4, -0.2) is 32.7 Å². The summed E-state index contributed by atoms with van der Waals surface area (Å²) in [6.07, 6.45) is 0. The number of carbonyl (C=O) groups excluding carboxylic acids is 1. The van der Waals surface area contributed by atoms with E-state index in [9.17, 15) is 9.90 Å². The molecule has 0 spiro atoms. The molecule has 1 amide bonds. The van der Waals surface area contributed by atoms with Crippen molar-refractivity contribution in [2.24, 2.45) is 5.10 Å². The van der Waals surface area contributed by atoms with Gasteiger partial charge in [0, 0.05) is 10.6 Å². The lowest BCUT2D eigenvalue weighted by atomic mass is 10.1. The molecule has 0 bridgehead atoms. The fraction of sp³-hybridized carbons (Fsp3) is 0.0833. The molecular weight excluding hydrogens is 458 g/mol. The zero-order chi connectivity index (χ0) is 23.2. The third-order valence-electron chi connectivity index (χ3n) is 4.78. The van der Waals surface area contributed by atoms with Gasteiger partial charge in [-0.25, -0.2) is 5.43 Å². The molecule has 1 heterocycles. The summed E-state index contributed by atoms with van der Waals surface area (Å²) >= 11 is 7.35. The van der Waals surface area contributed by atoms with Crippen LogP contribution < -0.4 is 9.99 Å². The van der Waals surface area contributed by atoms with E-state index in [0.717, 1.165) is 17.1 Å². The van der Waals surface area contributed by atoms with E-state index in [0.29, 0.717) is 21.5 Å². The summed E-state index contributed by atoms with van der Waals surface area (Å²) in [5.41, 5.74) is 5.43. The van der Waals surface area contributed by atoms with Gasteiger partial charge in [0.15, 0.2) is 0 Å². The average molecular weight is 479 g/mol. The van der Waals surface area contributed by atoms with Crippen LogP contribution in [0.1, 0.15) is 12.5 Å². The molecule has 3 aromatic carbocycles. The summed E-state index contributed by atoms with van der Waals surface area (Å²) in [5, 5.41) is 22.8. The number of aromatic hydroxyl groups is 1. The summed E-state index contributed by atoms with van der Waals surface area (Å²) in [6.45, 7) is 1.72. The Morgan fingerprint density at radius 3 is 2.52 bits per heavy atom. The number of nitrogens with zero attached hydrogens (tertiary/aromatic N) is 3. The van der Waals surface area contributed by atoms with Gasteiger partial charge in [0.1, 0.15) is 11.4 Å². The highest BCUT2D eigenvalue weighted by Crippen LogP contribution is 2.21. The molecule has 166 valence electrons. The average Bonchev–Trinajstić information content (AvgIpc) is 3.26. The zero-order valence-electron chi connectivity index (χ0n) is 17.7. The van der Waals surface area contributed by atoms with Gasteiger partial charge in [-0.2, -0.15) is 9.67 Å². The first-order chi connectivity index (χ1) is 16.0. The lowest BCUT2D eigenvalue weighted by Gasteiger charge is -2.05. The predicted octanol–water partition coefficient (Wildman–Crippen LogP) is 4.34. The first-order valence-corrected chi connectivity index (χ1v) is 11.5. The fourth-order valence-corrected chi connectivity index (χ4v) is 4.05. The van der Waals surface area contributed by atoms with E-state index in [4.69, 9.17) is 11.6 Å². The number of para-hydroxylation sites is 1. The summed E-state index contributed by atoms with van der Waals surface area (Å²) in [6, 6.07) is 24.1. The molecule has 9 heteroatoms. The van der Waals surface area contributed by atoms with E-state index in [1.165, 1.54) is 11.8 Å². The molecule has 3 N–H and O–H groups in total. The van der Waals surface area contributed by atoms with Gasteiger partial charge in [-0.05, 0) is 67.2 Å². The van der Waals surface area contributed by atoms with Crippen LogP contribution >= 0.6 is 23.4 Å². The molecule has 1 aromatic heterocycles. The molecule has 4 aromatic rings. The van der Waals surface area contributed by atoms with Crippen molar-refractivity contribution in [3.8, 4) is 22.8 Å². The van der Waals surface area contributed by atoms with Crippen molar-refractivity contribution < 1.29 is 14.5 Å². The molecule has 0 atom stereocenters. The van der Waals surface area contributed by atoms with Crippen LogP contribution in [0.4, 0.5) is 0 Å². The Labute approximate surface area is 200 Å². The highest BCUT2D eigenvalue weighted by atomic mass is 35.5. The van der Waals surface area contributed by atoms with Crippen molar-refractivity contribution in [3.63, 3.8) is 0 Å². The molecule has 0 saturated carbocycles. The number of thioether (sulfide) groups is 1. The Morgan fingerprint density at radius 2 is 1.79 bits per heavy atom. The Kier molecular flexibility index (Phi) is 7.07. The largest absolute Gasteiger partial charge is 0.507 e. The Hall–Kier alpha value is -3.62. The number of hydrogen-bond donors (Lipinski definition) is 3. The van der Waals surface area contributed by atoms with Crippen LogP contribution in [0.3, 0.4) is 0 Å². The van der Waals surface area contributed by atoms with Gasteiger partial charge in [-0.15, -0.1) is 5.10 Å². The van der Waals surface area contributed by atoms with E-state index in [-0.39, 0.29) is 17.4 Å². The van der Waals surface area contributed by atoms with Crippen molar-refractivity contribution in [2.45, 2.75) is 12.1 Å². The maximum Gasteiger partial charge on any atom is 0.342 e. The molecule has 0 radical (unpaired) electrons. The van der Waals surface area contributed by atoms with Gasteiger partial charge >= 0.3 is 5.16 Å². The van der Waals surface area contributed by atoms with Crippen molar-refractivity contribution >= 4 is 35.0 Å². The van der Waals surface area contributed by atoms with Crippen LogP contribution in [0.15, 0.2) is 89.1 Å². The molecule has 0 saturated heterocycles. The molecule has 0 aliphatic heterocycles. The molecule has 4 rings (SSSR count). The van der Waals surface area contributed by atoms with Gasteiger partial charge in [-0.3, -0.25) is 4.79 Å². The number of nitrogens with one attached hydrogen (secondary N) is 2. The summed E-state index contributed by atoms with van der Waals surface area (Å²) in [5.74, 6) is 0.705. The van der Waals surface area contributed by atoms with Gasteiger partial charge in [-0.1, -0.05) is 41.9 Å². The normalized spacial score (nSPS) is 11.4. The number of phenols is 1. The number of benzene rings is 3. The third kappa shape index (κ3) is 5.42. The second-order valence-electron chi connectivity index (χ2n) is 7.07. The number of phenolic OH excluding ortho intramolecular Hbond substituents is 1. The number of aromatic nitrogens is 3. The highest BCUT2D eigenvalue weighted by molar-refractivity contribution is 7.99. The quantitative estimate of drug-likeness (QED) is 0.159. The van der Waals surface area contributed by atoms with Crippen LogP contribution in [0, 0.1) is 0 Å². The maximum absolute atomic E-state index is 12.4. The van der Waals surface area contributed by atoms with E-state index < -0.39 is 0 Å². The van der Waals surface area contributed by atoms with Crippen molar-refractivity contribution in [3.05, 3.63) is 89.4 Å². The van der Waals surface area contributed by atoms with Crippen molar-refractivity contribution in [1.29, 1.82) is 0 Å². The number of hydrazone groups is 1. The Morgan fingerprint density at radius 1 is 1.09 bits per heavy atom. The number of rotatable bonds is 7. The first kappa shape index (κ1) is 22.6. The topological polar surface area (TPSA) is 94.2 Å². The predicted molar refractivity (Wildman–Crippen MR) is 130 cm³/mol. The second kappa shape index (κ2) is 10.3. The molecule has 0 aliphatic carbocycles. The highest BCUT2D eigenvalue weighted by Gasteiger charge is 2.24. The van der Waals surface area contributed by atoms with Gasteiger partial charge in [0.25, 0.3) is 11.7 Å². The summed E-state index contributed by atoms with van der Waals surface area (Å²) in [4.78, 5) is 12.4. The fourth-order valence-electron chi connectivity index (χ4n) is 3.16. The third-order valence-corrected chi connectivity index (χ3v) is 5.97. The zero-order valence-corrected chi connectivity index (χ0v) is 19.3. The molecule has 0 aliphatic rings. The molecule has 0 fully saturated rings. The molecule has 33 heavy (non-hydrogen) atoms. The minimum absolute atomic E-state index is 0.101. The lowest BCUT2D eigenvalue weighted by molar-refractivity contribution is -0.625. The second-order valence-corrected chi connectivity index (χ2v) is 8.45. The van der Waals surface area contributed by atoms with E-state index in [1.54, 1.807) is 31.2 Å². The number of hydrogen-bond acceptors (Lipinski definition) is 5. The number of halogens is 1. The maximum atomic E-state index is 12.4. The monoisotopic (exact) mass is 478 g/mol. The first-order valence-electron chi connectivity index (χ1n) is 10.1. The number of amides is 1. The Bertz CT molecular complexity index is 1290. The Balaban J connectivity index is 1.53. The van der Waals surface area contributed by atoms with Crippen molar-refractivity contribution in [1.82, 2.24) is 15.6 Å². The summed E-state index contributed by atoms with van der Waals surface area (Å²) < 4.78 is 1.94. The minimum Gasteiger partial charge on any atom is -0.507 e. The van der Waals surface area contributed by atoms with Crippen LogP contribution in [-0.2, 0) is 4.79 Å². The standard InChI is InChI=1S/C24H20ClN5O2S/c1-16(20-9-5-6-10-21(20)31)26-27-22(32)15-33-24-29-28-23(17-7-3-2-4-8-17)30(24)19-13-11-18(25)12-14-19/h2-14H,15H2,1H3,(H2,26,27,31,32)/p+1. The van der Waals surface area contributed by atoms with E-state index >= 15 is 0 Å². The van der Waals surface area contributed by atoms with Gasteiger partial charge in [0.2, 0.25) is 0 Å². The molecule has 7 nitrogen and oxygen atoms in total. The number of carbonyl (C=O) groups is 1. The van der Waals surface area contributed by atoms with Gasteiger partial charge in [0.05, 0.1) is 22.1 Å².